The molecular formula is C15H23BN2O2. The maximum Gasteiger partial charge on any atom is 0.496 e. The minimum atomic E-state index is -0.323. The highest BCUT2D eigenvalue weighted by Crippen LogP contribution is 2.36. The molecule has 2 saturated heterocycles. The Morgan fingerprint density at radius 1 is 1.15 bits per heavy atom. The summed E-state index contributed by atoms with van der Waals surface area (Å²) in [5.74, 6) is 1.09. The molecule has 0 aliphatic carbocycles. The van der Waals surface area contributed by atoms with Crippen LogP contribution in [0, 0.1) is 6.92 Å². The Balaban J connectivity index is 1.83. The molecule has 2 aliphatic heterocycles. The fraction of sp³-hybridized carbons (Fsp3) is 0.667. The van der Waals surface area contributed by atoms with Crippen LogP contribution in [-0.4, -0.2) is 36.4 Å². The molecule has 1 aromatic rings. The van der Waals surface area contributed by atoms with Crippen LogP contribution in [0.1, 0.15) is 39.7 Å². The SMILES string of the molecule is Cc1cc(B2OC(C)(C)C(C)(C)O2)cnc1N1CCC1. The molecule has 3 heterocycles. The maximum absolute atomic E-state index is 6.07. The molecule has 1 aromatic heterocycles. The van der Waals surface area contributed by atoms with Crippen molar-refractivity contribution in [2.45, 2.75) is 52.2 Å². The van der Waals surface area contributed by atoms with E-state index in [-0.39, 0.29) is 18.3 Å². The number of aryl methyl sites for hydroxylation is 1. The molecule has 0 aromatic carbocycles. The predicted molar refractivity (Wildman–Crippen MR) is 81.5 cm³/mol. The van der Waals surface area contributed by atoms with Crippen molar-refractivity contribution in [1.29, 1.82) is 0 Å². The first-order chi connectivity index (χ1) is 9.30. The molecule has 0 radical (unpaired) electrons. The van der Waals surface area contributed by atoms with Gasteiger partial charge in [0.25, 0.3) is 0 Å². The summed E-state index contributed by atoms with van der Waals surface area (Å²) in [6.07, 6.45) is 3.16. The molecule has 5 heteroatoms. The Morgan fingerprint density at radius 2 is 1.75 bits per heavy atom. The van der Waals surface area contributed by atoms with Gasteiger partial charge in [-0.2, -0.15) is 0 Å². The van der Waals surface area contributed by atoms with Crippen molar-refractivity contribution in [3.05, 3.63) is 17.8 Å². The van der Waals surface area contributed by atoms with E-state index in [0.29, 0.717) is 0 Å². The molecule has 0 spiro atoms. The summed E-state index contributed by atoms with van der Waals surface area (Å²) in [6, 6.07) is 2.14. The van der Waals surface area contributed by atoms with Crippen LogP contribution in [0.15, 0.2) is 12.3 Å². The molecule has 2 aliphatic rings. The summed E-state index contributed by atoms with van der Waals surface area (Å²) in [7, 11) is -0.323. The first kappa shape index (κ1) is 13.9. The normalized spacial score (nSPS) is 23.9. The molecule has 108 valence electrons. The third kappa shape index (κ3) is 2.13. The number of aromatic nitrogens is 1. The van der Waals surface area contributed by atoms with E-state index in [0.717, 1.165) is 24.4 Å². The standard InChI is InChI=1S/C15H23BN2O2/c1-11-9-12(10-17-13(11)18-7-6-8-18)16-19-14(2,3)15(4,5)20-16/h9-10H,6-8H2,1-5H3. The van der Waals surface area contributed by atoms with E-state index in [2.05, 4.69) is 50.6 Å². The molecule has 0 bridgehead atoms. The van der Waals surface area contributed by atoms with Gasteiger partial charge in [0.15, 0.2) is 0 Å². The van der Waals surface area contributed by atoms with Crippen molar-refractivity contribution in [3.8, 4) is 0 Å². The Bertz CT molecular complexity index is 511. The number of hydrogen-bond acceptors (Lipinski definition) is 4. The average molecular weight is 274 g/mol. The van der Waals surface area contributed by atoms with Crippen LogP contribution in [0.25, 0.3) is 0 Å². The zero-order valence-corrected chi connectivity index (χ0v) is 13.1. The van der Waals surface area contributed by atoms with Gasteiger partial charge >= 0.3 is 7.12 Å². The van der Waals surface area contributed by atoms with Crippen LogP contribution in [0.2, 0.25) is 0 Å². The molecule has 4 nitrogen and oxygen atoms in total. The summed E-state index contributed by atoms with van der Waals surface area (Å²) in [6.45, 7) is 12.6. The Morgan fingerprint density at radius 3 is 2.20 bits per heavy atom. The van der Waals surface area contributed by atoms with E-state index in [1.807, 2.05) is 6.20 Å². The Kier molecular flexibility index (Phi) is 3.10. The van der Waals surface area contributed by atoms with Gasteiger partial charge in [0.1, 0.15) is 5.82 Å². The molecule has 0 unspecified atom stereocenters. The number of rotatable bonds is 2. The number of anilines is 1. The molecule has 0 atom stereocenters. The van der Waals surface area contributed by atoms with E-state index < -0.39 is 0 Å². The van der Waals surface area contributed by atoms with E-state index in [4.69, 9.17) is 9.31 Å². The van der Waals surface area contributed by atoms with Gasteiger partial charge in [-0.1, -0.05) is 6.07 Å². The second kappa shape index (κ2) is 4.47. The van der Waals surface area contributed by atoms with Gasteiger partial charge in [0, 0.05) is 24.7 Å². The van der Waals surface area contributed by atoms with E-state index >= 15 is 0 Å². The lowest BCUT2D eigenvalue weighted by molar-refractivity contribution is 0.00578. The maximum atomic E-state index is 6.07. The highest BCUT2D eigenvalue weighted by molar-refractivity contribution is 6.62. The predicted octanol–water partition coefficient (Wildman–Crippen LogP) is 1.90. The first-order valence-electron chi connectivity index (χ1n) is 7.37. The second-order valence-corrected chi connectivity index (χ2v) is 6.84. The van der Waals surface area contributed by atoms with Crippen molar-refractivity contribution >= 4 is 18.4 Å². The van der Waals surface area contributed by atoms with Crippen LogP contribution in [0.3, 0.4) is 0 Å². The topological polar surface area (TPSA) is 34.6 Å². The summed E-state index contributed by atoms with van der Waals surface area (Å²) in [4.78, 5) is 6.92. The van der Waals surface area contributed by atoms with Crippen molar-refractivity contribution in [3.63, 3.8) is 0 Å². The van der Waals surface area contributed by atoms with Gasteiger partial charge in [-0.25, -0.2) is 4.98 Å². The summed E-state index contributed by atoms with van der Waals surface area (Å²) in [5.41, 5.74) is 1.59. The summed E-state index contributed by atoms with van der Waals surface area (Å²) in [5, 5.41) is 0. The van der Waals surface area contributed by atoms with Crippen molar-refractivity contribution in [2.24, 2.45) is 0 Å². The molecule has 3 rings (SSSR count). The molecule has 2 fully saturated rings. The fourth-order valence-corrected chi connectivity index (χ4v) is 2.56. The molecule has 0 saturated carbocycles. The third-order valence-electron chi connectivity index (χ3n) is 4.75. The van der Waals surface area contributed by atoms with Gasteiger partial charge in [0.05, 0.1) is 11.2 Å². The second-order valence-electron chi connectivity index (χ2n) is 6.84. The molecule has 20 heavy (non-hydrogen) atoms. The summed E-state index contributed by atoms with van der Waals surface area (Å²) < 4.78 is 12.1. The van der Waals surface area contributed by atoms with Gasteiger partial charge in [0.2, 0.25) is 0 Å². The van der Waals surface area contributed by atoms with Crippen LogP contribution in [0.5, 0.6) is 0 Å². The zero-order chi connectivity index (χ0) is 14.5. The van der Waals surface area contributed by atoms with E-state index in [1.165, 1.54) is 12.0 Å². The highest BCUT2D eigenvalue weighted by Gasteiger charge is 2.51. The lowest BCUT2D eigenvalue weighted by Gasteiger charge is -2.33. The third-order valence-corrected chi connectivity index (χ3v) is 4.75. The molecule has 0 N–H and O–H groups in total. The number of pyridine rings is 1. The minimum absolute atomic E-state index is 0.304. The Hall–Kier alpha value is -1.07. The smallest absolute Gasteiger partial charge is 0.399 e. The van der Waals surface area contributed by atoms with Gasteiger partial charge in [-0.05, 0) is 46.6 Å². The van der Waals surface area contributed by atoms with Crippen LogP contribution < -0.4 is 10.4 Å². The lowest BCUT2D eigenvalue weighted by atomic mass is 9.79. The van der Waals surface area contributed by atoms with Crippen molar-refractivity contribution < 1.29 is 9.31 Å². The average Bonchev–Trinajstić information content (AvgIpc) is 2.48. The largest absolute Gasteiger partial charge is 0.496 e. The number of hydrogen-bond donors (Lipinski definition) is 0. The van der Waals surface area contributed by atoms with E-state index in [9.17, 15) is 0 Å². The van der Waals surface area contributed by atoms with E-state index in [1.54, 1.807) is 0 Å². The summed E-state index contributed by atoms with van der Waals surface area (Å²) >= 11 is 0. The van der Waals surface area contributed by atoms with Gasteiger partial charge < -0.3 is 14.2 Å². The van der Waals surface area contributed by atoms with Crippen LogP contribution in [-0.2, 0) is 9.31 Å². The van der Waals surface area contributed by atoms with Crippen LogP contribution >= 0.6 is 0 Å². The van der Waals surface area contributed by atoms with Gasteiger partial charge in [-0.3, -0.25) is 0 Å². The lowest BCUT2D eigenvalue weighted by Crippen LogP contribution is -2.41. The van der Waals surface area contributed by atoms with Crippen molar-refractivity contribution in [2.75, 3.05) is 18.0 Å². The van der Waals surface area contributed by atoms with Gasteiger partial charge in [-0.15, -0.1) is 0 Å². The zero-order valence-electron chi connectivity index (χ0n) is 13.1. The quantitative estimate of drug-likeness (QED) is 0.771. The fourth-order valence-electron chi connectivity index (χ4n) is 2.56. The molecular weight excluding hydrogens is 251 g/mol. The van der Waals surface area contributed by atoms with Crippen LogP contribution in [0.4, 0.5) is 5.82 Å². The highest BCUT2D eigenvalue weighted by atomic mass is 16.7. The first-order valence-corrected chi connectivity index (χ1v) is 7.37. The monoisotopic (exact) mass is 274 g/mol. The minimum Gasteiger partial charge on any atom is -0.399 e. The molecule has 0 amide bonds. The van der Waals surface area contributed by atoms with Crippen molar-refractivity contribution in [1.82, 2.24) is 4.98 Å². The Labute approximate surface area is 121 Å². The number of nitrogens with zero attached hydrogens (tertiary/aromatic N) is 2.